The zero-order valence-electron chi connectivity index (χ0n) is 11.5. The normalized spacial score (nSPS) is 26.6. The molecule has 19 heavy (non-hydrogen) atoms. The zero-order chi connectivity index (χ0) is 13.9. The molecule has 0 saturated heterocycles. The number of nitrogens with zero attached hydrogens (tertiary/aromatic N) is 2. The molecule has 0 radical (unpaired) electrons. The maximum absolute atomic E-state index is 12.0. The molecule has 1 aliphatic carbocycles. The van der Waals surface area contributed by atoms with E-state index in [9.17, 15) is 4.79 Å². The predicted molar refractivity (Wildman–Crippen MR) is 73.0 cm³/mol. The summed E-state index contributed by atoms with van der Waals surface area (Å²) in [5.41, 5.74) is -0.535. The third kappa shape index (κ3) is 3.09. The number of aromatic amines is 1. The summed E-state index contributed by atoms with van der Waals surface area (Å²) in [7, 11) is 1.44. The smallest absolute Gasteiger partial charge is 0.326 e. The van der Waals surface area contributed by atoms with Gasteiger partial charge < -0.3 is 10.1 Å². The summed E-state index contributed by atoms with van der Waals surface area (Å²) >= 11 is 1.63. The third-order valence-corrected chi connectivity index (χ3v) is 4.54. The zero-order valence-corrected chi connectivity index (χ0v) is 12.3. The molecule has 7 heteroatoms. The molecule has 1 aliphatic rings. The fraction of sp³-hybridized carbons (Fsp3) is 0.750. The number of likely N-dealkylation sites (N-methyl/N-ethyl adjacent to an activating group) is 1. The van der Waals surface area contributed by atoms with Gasteiger partial charge in [0.25, 0.3) is 0 Å². The number of H-pyrrole nitrogens is 1. The molecule has 2 N–H and O–H groups in total. The van der Waals surface area contributed by atoms with E-state index in [1.807, 2.05) is 13.8 Å². The minimum atomic E-state index is -0.535. The summed E-state index contributed by atoms with van der Waals surface area (Å²) in [5.74, 6) is 0.648. The molecule has 1 aromatic rings. The Morgan fingerprint density at radius 3 is 3.05 bits per heavy atom. The molecule has 1 saturated carbocycles. The van der Waals surface area contributed by atoms with Crippen molar-refractivity contribution in [1.29, 1.82) is 0 Å². The van der Waals surface area contributed by atoms with E-state index in [1.54, 1.807) is 11.8 Å². The summed E-state index contributed by atoms with van der Waals surface area (Å²) in [6.07, 6.45) is 2.51. The summed E-state index contributed by atoms with van der Waals surface area (Å²) < 4.78 is 4.94. The van der Waals surface area contributed by atoms with Crippen molar-refractivity contribution >= 4 is 17.7 Å². The summed E-state index contributed by atoms with van der Waals surface area (Å²) in [5, 5.41) is 11.3. The maximum atomic E-state index is 12.0. The van der Waals surface area contributed by atoms with E-state index in [4.69, 9.17) is 4.74 Å². The van der Waals surface area contributed by atoms with Gasteiger partial charge in [-0.1, -0.05) is 18.7 Å². The Balaban J connectivity index is 2.02. The SMILES string of the molecule is CCNC1(C(=O)OC)CCC(Sc2n[nH]c(C)n2)C1. The highest BCUT2D eigenvalue weighted by Crippen LogP contribution is 2.39. The molecular formula is C12H20N4O2S. The van der Waals surface area contributed by atoms with Gasteiger partial charge in [0, 0.05) is 5.25 Å². The lowest BCUT2D eigenvalue weighted by Crippen LogP contribution is -2.50. The Labute approximate surface area is 117 Å². The molecule has 106 valence electrons. The number of esters is 1. The standard InChI is InChI=1S/C12H20N4O2S/c1-4-13-12(10(17)18-3)6-5-9(7-12)19-11-14-8(2)15-16-11/h9,13H,4-7H2,1-3H3,(H,14,15,16). The van der Waals surface area contributed by atoms with Crippen LogP contribution in [0.3, 0.4) is 0 Å². The molecule has 0 aromatic carbocycles. The van der Waals surface area contributed by atoms with E-state index in [0.717, 1.165) is 36.8 Å². The van der Waals surface area contributed by atoms with Crippen LogP contribution in [0.2, 0.25) is 0 Å². The van der Waals surface area contributed by atoms with Gasteiger partial charge >= 0.3 is 5.97 Å². The molecule has 2 unspecified atom stereocenters. The first kappa shape index (κ1) is 14.3. The highest BCUT2D eigenvalue weighted by molar-refractivity contribution is 7.99. The second-order valence-corrected chi connectivity index (χ2v) is 6.06. The van der Waals surface area contributed by atoms with Gasteiger partial charge in [-0.05, 0) is 32.7 Å². The number of carbonyl (C=O) groups excluding carboxylic acids is 1. The Hall–Kier alpha value is -1.08. The molecule has 0 amide bonds. The van der Waals surface area contributed by atoms with Crippen LogP contribution in [0.25, 0.3) is 0 Å². The number of carbonyl (C=O) groups is 1. The van der Waals surface area contributed by atoms with E-state index in [0.29, 0.717) is 5.25 Å². The van der Waals surface area contributed by atoms with Crippen LogP contribution in [-0.2, 0) is 9.53 Å². The van der Waals surface area contributed by atoms with Gasteiger partial charge in [-0.15, -0.1) is 5.10 Å². The average molecular weight is 284 g/mol. The van der Waals surface area contributed by atoms with Crippen LogP contribution in [0.1, 0.15) is 32.0 Å². The lowest BCUT2D eigenvalue weighted by Gasteiger charge is -2.27. The van der Waals surface area contributed by atoms with Crippen LogP contribution in [0.5, 0.6) is 0 Å². The van der Waals surface area contributed by atoms with Gasteiger partial charge in [0.05, 0.1) is 7.11 Å². The molecule has 0 aliphatic heterocycles. The van der Waals surface area contributed by atoms with Gasteiger partial charge in [-0.25, -0.2) is 4.98 Å². The number of hydrogen-bond donors (Lipinski definition) is 2. The van der Waals surface area contributed by atoms with Gasteiger partial charge in [-0.3, -0.25) is 9.89 Å². The van der Waals surface area contributed by atoms with Crippen LogP contribution < -0.4 is 5.32 Å². The summed E-state index contributed by atoms with van der Waals surface area (Å²) in [6, 6.07) is 0. The molecule has 0 spiro atoms. The molecule has 1 heterocycles. The Bertz CT molecular complexity index is 451. The van der Waals surface area contributed by atoms with E-state index < -0.39 is 5.54 Å². The summed E-state index contributed by atoms with van der Waals surface area (Å²) in [6.45, 7) is 4.64. The van der Waals surface area contributed by atoms with E-state index in [2.05, 4.69) is 20.5 Å². The first-order chi connectivity index (χ1) is 9.09. The van der Waals surface area contributed by atoms with Crippen LogP contribution in [-0.4, -0.2) is 45.6 Å². The first-order valence-electron chi connectivity index (χ1n) is 6.49. The molecule has 1 fully saturated rings. The fourth-order valence-corrected chi connectivity index (χ4v) is 3.77. The highest BCUT2D eigenvalue weighted by atomic mass is 32.2. The van der Waals surface area contributed by atoms with Crippen LogP contribution in [0, 0.1) is 6.92 Å². The molecule has 2 atom stereocenters. The van der Waals surface area contributed by atoms with Gasteiger partial charge in [0.15, 0.2) is 0 Å². The lowest BCUT2D eigenvalue weighted by molar-refractivity contribution is -0.148. The third-order valence-electron chi connectivity index (χ3n) is 3.41. The Kier molecular flexibility index (Phi) is 4.46. The van der Waals surface area contributed by atoms with Gasteiger partial charge in [0.1, 0.15) is 11.4 Å². The number of thioether (sulfide) groups is 1. The van der Waals surface area contributed by atoms with Gasteiger partial charge in [0.2, 0.25) is 5.16 Å². The Morgan fingerprint density at radius 1 is 1.68 bits per heavy atom. The van der Waals surface area contributed by atoms with Crippen LogP contribution in [0.15, 0.2) is 5.16 Å². The number of aromatic nitrogens is 3. The largest absolute Gasteiger partial charge is 0.468 e. The van der Waals surface area contributed by atoms with E-state index in [-0.39, 0.29) is 5.97 Å². The van der Waals surface area contributed by atoms with E-state index >= 15 is 0 Å². The lowest BCUT2D eigenvalue weighted by atomic mass is 9.98. The van der Waals surface area contributed by atoms with Crippen LogP contribution >= 0.6 is 11.8 Å². The van der Waals surface area contributed by atoms with Crippen molar-refractivity contribution in [3.8, 4) is 0 Å². The number of nitrogens with one attached hydrogen (secondary N) is 2. The van der Waals surface area contributed by atoms with Crippen molar-refractivity contribution in [1.82, 2.24) is 20.5 Å². The topological polar surface area (TPSA) is 79.9 Å². The molecule has 2 rings (SSSR count). The number of methoxy groups -OCH3 is 1. The molecule has 0 bridgehead atoms. The average Bonchev–Trinajstić information content (AvgIpc) is 2.97. The van der Waals surface area contributed by atoms with Crippen molar-refractivity contribution in [2.75, 3.05) is 13.7 Å². The van der Waals surface area contributed by atoms with Crippen molar-refractivity contribution < 1.29 is 9.53 Å². The monoisotopic (exact) mass is 284 g/mol. The van der Waals surface area contributed by atoms with Crippen molar-refractivity contribution in [3.63, 3.8) is 0 Å². The number of aryl methyl sites for hydroxylation is 1. The second-order valence-electron chi connectivity index (χ2n) is 4.79. The number of ether oxygens (including phenoxy) is 1. The highest BCUT2D eigenvalue weighted by Gasteiger charge is 2.46. The minimum absolute atomic E-state index is 0.163. The molecule has 6 nitrogen and oxygen atoms in total. The van der Waals surface area contributed by atoms with E-state index in [1.165, 1.54) is 7.11 Å². The minimum Gasteiger partial charge on any atom is -0.468 e. The second kappa shape index (κ2) is 5.92. The quantitative estimate of drug-likeness (QED) is 0.793. The molecule has 1 aromatic heterocycles. The van der Waals surface area contributed by atoms with Crippen LogP contribution in [0.4, 0.5) is 0 Å². The Morgan fingerprint density at radius 2 is 2.47 bits per heavy atom. The van der Waals surface area contributed by atoms with Crippen molar-refractivity contribution in [2.24, 2.45) is 0 Å². The first-order valence-corrected chi connectivity index (χ1v) is 7.36. The van der Waals surface area contributed by atoms with Crippen molar-refractivity contribution in [2.45, 2.75) is 49.1 Å². The van der Waals surface area contributed by atoms with Gasteiger partial charge in [-0.2, -0.15) is 0 Å². The number of hydrogen-bond acceptors (Lipinski definition) is 6. The fourth-order valence-electron chi connectivity index (χ4n) is 2.58. The predicted octanol–water partition coefficient (Wildman–Crippen LogP) is 1.28. The number of rotatable bonds is 5. The maximum Gasteiger partial charge on any atom is 0.326 e. The summed E-state index contributed by atoms with van der Waals surface area (Å²) in [4.78, 5) is 16.3. The van der Waals surface area contributed by atoms with Crippen molar-refractivity contribution in [3.05, 3.63) is 5.82 Å². The molecular weight excluding hydrogens is 264 g/mol.